The van der Waals surface area contributed by atoms with Gasteiger partial charge in [-0.25, -0.2) is 0 Å². The third-order valence-corrected chi connectivity index (χ3v) is 4.48. The number of fused-ring (bicyclic) bond motifs is 1. The van der Waals surface area contributed by atoms with Crippen LogP contribution in [0.1, 0.15) is 34.6 Å². The van der Waals surface area contributed by atoms with Gasteiger partial charge in [-0.15, -0.1) is 12.4 Å². The number of aromatic amines is 1. The number of rotatable bonds is 2. The molecule has 21 heavy (non-hydrogen) atoms. The third kappa shape index (κ3) is 3.22. The Bertz CT molecular complexity index is 504. The first-order chi connectivity index (χ1) is 9.66. The highest BCUT2D eigenvalue weighted by Crippen LogP contribution is 2.20. The summed E-state index contributed by atoms with van der Waals surface area (Å²) in [5.41, 5.74) is 2.77. The van der Waals surface area contributed by atoms with E-state index >= 15 is 0 Å². The molecular weight excluding hydrogens is 290 g/mol. The van der Waals surface area contributed by atoms with Crippen molar-refractivity contribution in [3.05, 3.63) is 17.0 Å². The van der Waals surface area contributed by atoms with Gasteiger partial charge in [0.2, 0.25) is 0 Å². The molecule has 0 aromatic carbocycles. The highest BCUT2D eigenvalue weighted by atomic mass is 35.5. The molecular formula is C14H24ClN5O. The normalized spacial score (nSPS) is 22.3. The maximum Gasteiger partial charge on any atom is 0.274 e. The number of H-pyrrole nitrogens is 1. The lowest BCUT2D eigenvalue weighted by molar-refractivity contribution is 0.0637. The largest absolute Gasteiger partial charge is 0.336 e. The number of piperidine rings is 1. The number of likely N-dealkylation sites (N-methyl/N-ethyl adjacent to an activating group) is 2. The second-order valence-corrected chi connectivity index (χ2v) is 5.93. The van der Waals surface area contributed by atoms with Gasteiger partial charge in [0, 0.05) is 50.4 Å². The number of likely N-dealkylation sites (tertiary alicyclic amines) is 1. The Morgan fingerprint density at radius 3 is 3.05 bits per heavy atom. The highest BCUT2D eigenvalue weighted by Gasteiger charge is 2.29. The summed E-state index contributed by atoms with van der Waals surface area (Å²) in [7, 11) is 4.02. The maximum atomic E-state index is 12.7. The van der Waals surface area contributed by atoms with Gasteiger partial charge in [0.05, 0.1) is 0 Å². The summed E-state index contributed by atoms with van der Waals surface area (Å²) >= 11 is 0. The van der Waals surface area contributed by atoms with E-state index in [9.17, 15) is 4.79 Å². The zero-order valence-corrected chi connectivity index (χ0v) is 13.5. The average molecular weight is 314 g/mol. The lowest BCUT2D eigenvalue weighted by Gasteiger charge is -2.35. The molecule has 0 saturated carbocycles. The van der Waals surface area contributed by atoms with Crippen molar-refractivity contribution in [2.45, 2.75) is 31.8 Å². The summed E-state index contributed by atoms with van der Waals surface area (Å²) in [4.78, 5) is 16.8. The maximum absolute atomic E-state index is 12.7. The van der Waals surface area contributed by atoms with Crippen molar-refractivity contribution in [3.8, 4) is 0 Å². The zero-order chi connectivity index (χ0) is 14.1. The van der Waals surface area contributed by atoms with Crippen molar-refractivity contribution in [1.29, 1.82) is 0 Å². The fourth-order valence-electron chi connectivity index (χ4n) is 3.19. The van der Waals surface area contributed by atoms with E-state index in [1.165, 1.54) is 0 Å². The number of amides is 1. The van der Waals surface area contributed by atoms with Crippen molar-refractivity contribution in [2.75, 3.05) is 33.7 Å². The molecule has 3 rings (SSSR count). The molecule has 6 nitrogen and oxygen atoms in total. The van der Waals surface area contributed by atoms with Crippen LogP contribution in [0.15, 0.2) is 0 Å². The van der Waals surface area contributed by atoms with Gasteiger partial charge in [-0.1, -0.05) is 0 Å². The number of carbonyl (C=O) groups is 1. The molecule has 7 heteroatoms. The van der Waals surface area contributed by atoms with Crippen LogP contribution in [0.2, 0.25) is 0 Å². The second-order valence-electron chi connectivity index (χ2n) is 5.93. The molecule has 1 aromatic rings. The zero-order valence-electron chi connectivity index (χ0n) is 12.7. The topological polar surface area (TPSA) is 64.3 Å². The molecule has 3 heterocycles. The predicted octanol–water partition coefficient (Wildman–Crippen LogP) is 0.643. The van der Waals surface area contributed by atoms with Gasteiger partial charge in [0.25, 0.3) is 5.91 Å². The molecule has 1 aromatic heterocycles. The van der Waals surface area contributed by atoms with Gasteiger partial charge >= 0.3 is 0 Å². The monoisotopic (exact) mass is 313 g/mol. The molecule has 2 aliphatic heterocycles. The van der Waals surface area contributed by atoms with Crippen molar-refractivity contribution in [1.82, 2.24) is 25.3 Å². The average Bonchev–Trinajstić information content (AvgIpc) is 2.89. The molecule has 1 atom stereocenters. The lowest BCUT2D eigenvalue weighted by Crippen LogP contribution is -2.47. The van der Waals surface area contributed by atoms with E-state index in [-0.39, 0.29) is 18.3 Å². The van der Waals surface area contributed by atoms with Crippen LogP contribution < -0.4 is 5.32 Å². The third-order valence-electron chi connectivity index (χ3n) is 4.48. The molecule has 118 valence electrons. The van der Waals surface area contributed by atoms with E-state index in [0.717, 1.165) is 56.7 Å². The fourth-order valence-corrected chi connectivity index (χ4v) is 3.19. The number of nitrogens with one attached hydrogen (secondary N) is 2. The predicted molar refractivity (Wildman–Crippen MR) is 83.9 cm³/mol. The Labute approximate surface area is 131 Å². The summed E-state index contributed by atoms with van der Waals surface area (Å²) < 4.78 is 0. The number of carbonyl (C=O) groups excluding carboxylic acids is 1. The van der Waals surface area contributed by atoms with E-state index in [1.54, 1.807) is 0 Å². The van der Waals surface area contributed by atoms with E-state index in [1.807, 2.05) is 11.9 Å². The first-order valence-electron chi connectivity index (χ1n) is 7.39. The highest BCUT2D eigenvalue weighted by molar-refractivity contribution is 5.94. The van der Waals surface area contributed by atoms with Crippen molar-refractivity contribution >= 4 is 18.3 Å². The number of hydrogen-bond donors (Lipinski definition) is 2. The van der Waals surface area contributed by atoms with Crippen molar-refractivity contribution in [2.24, 2.45) is 0 Å². The first-order valence-corrected chi connectivity index (χ1v) is 7.39. The molecule has 2 N–H and O–H groups in total. The molecule has 0 spiro atoms. The smallest absolute Gasteiger partial charge is 0.274 e. The summed E-state index contributed by atoms with van der Waals surface area (Å²) in [5, 5.41) is 10.6. The second kappa shape index (κ2) is 6.77. The number of nitrogens with zero attached hydrogens (tertiary/aromatic N) is 3. The van der Waals surface area contributed by atoms with Gasteiger partial charge < -0.3 is 15.1 Å². The van der Waals surface area contributed by atoms with Crippen LogP contribution in [-0.2, 0) is 13.0 Å². The van der Waals surface area contributed by atoms with E-state index in [0.29, 0.717) is 11.7 Å². The summed E-state index contributed by atoms with van der Waals surface area (Å²) in [6.07, 6.45) is 3.15. The van der Waals surface area contributed by atoms with Crippen LogP contribution in [0.4, 0.5) is 0 Å². The fraction of sp³-hybridized carbons (Fsp3) is 0.714. The molecule has 0 aliphatic carbocycles. The van der Waals surface area contributed by atoms with E-state index in [2.05, 4.69) is 27.5 Å². The Balaban J connectivity index is 0.00000161. The lowest BCUT2D eigenvalue weighted by atomic mass is 10.0. The molecule has 1 unspecified atom stereocenters. The van der Waals surface area contributed by atoms with Crippen LogP contribution in [0.5, 0.6) is 0 Å². The van der Waals surface area contributed by atoms with Crippen molar-refractivity contribution < 1.29 is 4.79 Å². The number of halogens is 1. The SMILES string of the molecule is CN1CCCC(N(C)C(=O)c2n[nH]c3c2CNCC3)C1.Cl. The van der Waals surface area contributed by atoms with Crippen LogP contribution in [0, 0.1) is 0 Å². The first kappa shape index (κ1) is 16.3. The van der Waals surface area contributed by atoms with Crippen LogP contribution in [-0.4, -0.2) is 65.7 Å². The molecule has 2 aliphatic rings. The standard InChI is InChI=1S/C14H23N5O.ClH/c1-18-7-3-4-10(9-18)19(2)14(20)13-11-8-15-6-5-12(11)16-17-13;/h10,15H,3-9H2,1-2H3,(H,16,17);1H. The Kier molecular flexibility index (Phi) is 5.24. The molecule has 1 fully saturated rings. The minimum Gasteiger partial charge on any atom is -0.336 e. The van der Waals surface area contributed by atoms with Crippen LogP contribution in [0.3, 0.4) is 0 Å². The van der Waals surface area contributed by atoms with Gasteiger partial charge in [-0.05, 0) is 26.4 Å². The van der Waals surface area contributed by atoms with E-state index in [4.69, 9.17) is 0 Å². The van der Waals surface area contributed by atoms with Crippen LogP contribution >= 0.6 is 12.4 Å². The summed E-state index contributed by atoms with van der Waals surface area (Å²) in [6.45, 7) is 3.77. The minimum atomic E-state index is 0. The molecule has 0 radical (unpaired) electrons. The van der Waals surface area contributed by atoms with E-state index < -0.39 is 0 Å². The molecule has 1 saturated heterocycles. The van der Waals surface area contributed by atoms with Crippen LogP contribution in [0.25, 0.3) is 0 Å². The summed E-state index contributed by atoms with van der Waals surface area (Å²) in [6, 6.07) is 0.296. The molecule has 0 bridgehead atoms. The van der Waals surface area contributed by atoms with Crippen molar-refractivity contribution in [3.63, 3.8) is 0 Å². The Morgan fingerprint density at radius 1 is 1.48 bits per heavy atom. The minimum absolute atomic E-state index is 0. The Morgan fingerprint density at radius 2 is 2.29 bits per heavy atom. The quantitative estimate of drug-likeness (QED) is 0.841. The molecule has 1 amide bonds. The van der Waals surface area contributed by atoms with Gasteiger partial charge in [0.15, 0.2) is 5.69 Å². The summed E-state index contributed by atoms with van der Waals surface area (Å²) in [5.74, 6) is 0.0477. The Hall–Kier alpha value is -1.11. The van der Waals surface area contributed by atoms with Gasteiger partial charge in [-0.2, -0.15) is 5.10 Å². The van der Waals surface area contributed by atoms with Gasteiger partial charge in [-0.3, -0.25) is 9.89 Å². The number of hydrogen-bond acceptors (Lipinski definition) is 4. The van der Waals surface area contributed by atoms with Gasteiger partial charge in [0.1, 0.15) is 0 Å². The number of aromatic nitrogens is 2.